The molecule has 0 saturated carbocycles. The Labute approximate surface area is 295 Å². The van der Waals surface area contributed by atoms with E-state index in [0.717, 1.165) is 45.3 Å². The van der Waals surface area contributed by atoms with Gasteiger partial charge in [-0.2, -0.15) is 5.66 Å². The van der Waals surface area contributed by atoms with Crippen LogP contribution in [0.15, 0.2) is 0 Å². The fraction of sp³-hybridized carbons (Fsp3) is 0.903. The minimum absolute atomic E-state index is 0. The quantitative estimate of drug-likeness (QED) is 0.327. The molecule has 8 nitrogen and oxygen atoms in total. The number of likely N-dealkylation sites (tertiary alicyclic amines) is 1. The van der Waals surface area contributed by atoms with Crippen LogP contribution in [0.3, 0.4) is 0 Å². The van der Waals surface area contributed by atoms with Crippen LogP contribution in [0.2, 0.25) is 0 Å². The normalized spacial score (nSPS) is 30.7. The minimum Gasteiger partial charge on any atom is -0.553 e. The third kappa shape index (κ3) is 11.5. The van der Waals surface area contributed by atoms with Crippen LogP contribution in [0.4, 0.5) is 0 Å². The molecule has 2 bridgehead atoms. The van der Waals surface area contributed by atoms with Crippen LogP contribution < -0.4 is 51.4 Å². The van der Waals surface area contributed by atoms with Gasteiger partial charge in [-0.3, -0.25) is 24.2 Å². The summed E-state index contributed by atoms with van der Waals surface area (Å²) in [7, 11) is 5.57. The molecule has 0 radical (unpaired) electrons. The van der Waals surface area contributed by atoms with Crippen LogP contribution in [0.25, 0.3) is 0 Å². The zero-order valence-corrected chi connectivity index (χ0v) is 32.0. The van der Waals surface area contributed by atoms with E-state index in [2.05, 4.69) is 46.7 Å². The van der Waals surface area contributed by atoms with E-state index in [1.807, 2.05) is 32.6 Å². The smallest absolute Gasteiger partial charge is 0.553 e. The van der Waals surface area contributed by atoms with E-state index in [0.29, 0.717) is 30.8 Å². The number of carbonyl (C=O) groups is 3. The minimum atomic E-state index is -0.138. The van der Waals surface area contributed by atoms with Gasteiger partial charge >= 0.3 is 51.4 Å². The summed E-state index contributed by atoms with van der Waals surface area (Å²) in [5.41, 5.74) is 0.0644. The third-order valence-corrected chi connectivity index (χ3v) is 9.08. The van der Waals surface area contributed by atoms with Gasteiger partial charge in [-0.05, 0) is 53.5 Å². The van der Waals surface area contributed by atoms with Crippen molar-refractivity contribution >= 4 is 26.7 Å². The molecule has 232 valence electrons. The molecular weight excluding hydrogens is 564 g/mol. The average Bonchev–Trinajstić information content (AvgIpc) is 3.49. The first-order valence-corrected chi connectivity index (χ1v) is 15.9. The number of nitrogens with zero attached hydrogens (tertiary/aromatic N) is 3. The zero-order chi connectivity index (χ0) is 30.4. The first-order chi connectivity index (χ1) is 18.6. The molecule has 1 amide bonds. The van der Waals surface area contributed by atoms with E-state index in [9.17, 15) is 14.4 Å². The first-order valence-electron chi connectivity index (χ1n) is 15.3. The van der Waals surface area contributed by atoms with E-state index < -0.39 is 0 Å². The predicted molar refractivity (Wildman–Crippen MR) is 163 cm³/mol. The molecule has 41 heavy (non-hydrogen) atoms. The zero-order valence-electron chi connectivity index (χ0n) is 27.9. The molecule has 0 aromatic carbocycles. The number of carbonyl (C=O) groups excluding carboxylic acids is 3. The largest absolute Gasteiger partial charge is 1.00 e. The molecule has 3 unspecified atom stereocenters. The molecule has 3 heterocycles. The summed E-state index contributed by atoms with van der Waals surface area (Å²) in [6, 6.07) is 0.413. The number of rotatable bonds is 6. The first kappa shape index (κ1) is 39.7. The van der Waals surface area contributed by atoms with Gasteiger partial charge in [-0.15, -0.1) is 0 Å². The molecule has 3 rings (SSSR count). The second kappa shape index (κ2) is 18.0. The van der Waals surface area contributed by atoms with Crippen LogP contribution in [0.1, 0.15) is 88.0 Å². The average molecular weight is 622 g/mol. The van der Waals surface area contributed by atoms with Gasteiger partial charge in [0, 0.05) is 63.7 Å². The Bertz CT molecular complexity index is 856. The summed E-state index contributed by atoms with van der Waals surface area (Å²) < 4.78 is 11.4. The maximum Gasteiger partial charge on any atom is 1.00 e. The fourth-order valence-electron chi connectivity index (χ4n) is 6.40. The monoisotopic (exact) mass is 621 g/mol. The van der Waals surface area contributed by atoms with Crippen molar-refractivity contribution in [3.8, 4) is 0 Å². The number of hydrogen-bond acceptors (Lipinski definition) is 7. The number of ether oxygens (including phenoxy) is 2. The van der Waals surface area contributed by atoms with E-state index >= 15 is 0 Å². The standard InChI is InChI=1S/C19H34N2O3P.C12H23NO2.K/c1-13(2)18(23)17-9-15-11-21(17)19(4,5)10-16(25)12-20(14(3)22)7-6-8-24-15;1-8(2)12(14)11-6-10(15-5)7-13(11)9(3)4;/h13,15-17,25H,6-12H2,1-5H3;8-11H,6-7H2,1-5H3;/q-1;;+1/t15-,16+,17?;10-,11?;/m11./s1. The topological polar surface area (TPSA) is 79.4 Å². The number of ketones is 2. The van der Waals surface area contributed by atoms with E-state index in [1.165, 1.54) is 0 Å². The summed E-state index contributed by atoms with van der Waals surface area (Å²) in [5.74, 6) is 0.916. The Morgan fingerprint density at radius 2 is 1.51 bits per heavy atom. The van der Waals surface area contributed by atoms with Crippen molar-refractivity contribution < 1.29 is 75.2 Å². The maximum atomic E-state index is 12.8. The van der Waals surface area contributed by atoms with Crippen molar-refractivity contribution in [3.05, 3.63) is 0 Å². The van der Waals surface area contributed by atoms with E-state index in [4.69, 9.17) is 9.47 Å². The van der Waals surface area contributed by atoms with Gasteiger partial charge in [-0.1, -0.05) is 34.1 Å². The SMILES string of the molecule is CC(=O)N1CCCO[C@@H]2CC(C(=O)C(C)C)N(C2)C(C)(C)C[C@H]([PH-])C1.CO[C@@H]1CC(C(=O)C(C)C)N(C(C)C)C1.[K+]. The second-order valence-electron chi connectivity index (χ2n) is 13.4. The number of Topliss-reactive ketones (excluding diaryl/α,β-unsaturated/α-hetero) is 2. The molecule has 6 atom stereocenters. The van der Waals surface area contributed by atoms with Crippen molar-refractivity contribution in [2.45, 2.75) is 130 Å². The molecule has 0 aliphatic carbocycles. The molecule has 3 aliphatic rings. The van der Waals surface area contributed by atoms with E-state index in [1.54, 1.807) is 14.0 Å². The fourth-order valence-corrected chi connectivity index (χ4v) is 7.12. The van der Waals surface area contributed by atoms with Gasteiger partial charge < -0.3 is 23.6 Å². The van der Waals surface area contributed by atoms with Crippen LogP contribution in [-0.2, 0) is 23.9 Å². The van der Waals surface area contributed by atoms with Crippen molar-refractivity contribution in [2.24, 2.45) is 11.8 Å². The Morgan fingerprint density at radius 3 is 2.02 bits per heavy atom. The van der Waals surface area contributed by atoms with Crippen molar-refractivity contribution in [1.29, 1.82) is 0 Å². The molecule has 3 aliphatic heterocycles. The molecule has 0 N–H and O–H groups in total. The second-order valence-corrected chi connectivity index (χ2v) is 14.3. The van der Waals surface area contributed by atoms with E-state index in [-0.39, 0.29) is 105 Å². The Hall–Kier alpha value is 0.716. The number of fused-ring (bicyclic) bond motifs is 2. The van der Waals surface area contributed by atoms with Gasteiger partial charge in [0.05, 0.1) is 24.3 Å². The molecule has 3 fully saturated rings. The van der Waals surface area contributed by atoms with Gasteiger partial charge in [0.25, 0.3) is 0 Å². The van der Waals surface area contributed by atoms with Crippen molar-refractivity contribution in [3.63, 3.8) is 0 Å². The van der Waals surface area contributed by atoms with Crippen LogP contribution in [-0.4, -0.2) is 114 Å². The van der Waals surface area contributed by atoms with Crippen LogP contribution in [0, 0.1) is 11.8 Å². The Kier molecular flexibility index (Phi) is 17.5. The molecular formula is C31H57KN3O5P. The van der Waals surface area contributed by atoms with Gasteiger partial charge in [0.15, 0.2) is 11.6 Å². The van der Waals surface area contributed by atoms with Gasteiger partial charge in [-0.25, -0.2) is 0 Å². The summed E-state index contributed by atoms with van der Waals surface area (Å²) in [4.78, 5) is 43.2. The van der Waals surface area contributed by atoms with Crippen molar-refractivity contribution in [1.82, 2.24) is 14.7 Å². The molecule has 0 aromatic heterocycles. The summed E-state index contributed by atoms with van der Waals surface area (Å²) in [6.45, 7) is 22.0. The van der Waals surface area contributed by atoms with Crippen molar-refractivity contribution in [2.75, 3.05) is 39.9 Å². The number of hydrogen-bond donors (Lipinski definition) is 0. The Morgan fingerprint density at radius 1 is 0.927 bits per heavy atom. The van der Waals surface area contributed by atoms with Gasteiger partial charge in [0.2, 0.25) is 5.91 Å². The van der Waals surface area contributed by atoms with Crippen LogP contribution >= 0.6 is 9.24 Å². The Balaban J connectivity index is 0.000000451. The molecule has 0 spiro atoms. The van der Waals surface area contributed by atoms with Gasteiger partial charge in [0.1, 0.15) is 0 Å². The van der Waals surface area contributed by atoms with Crippen LogP contribution in [0.5, 0.6) is 0 Å². The summed E-state index contributed by atoms with van der Waals surface area (Å²) in [5, 5.41) is 0. The summed E-state index contributed by atoms with van der Waals surface area (Å²) in [6.07, 6.45) is 3.67. The molecule has 0 aromatic rings. The predicted octanol–water partition coefficient (Wildman–Crippen LogP) is 1.32. The number of amides is 1. The third-order valence-electron chi connectivity index (χ3n) is 8.69. The molecule has 10 heteroatoms. The summed E-state index contributed by atoms with van der Waals surface area (Å²) >= 11 is 0. The maximum absolute atomic E-state index is 12.8. The molecule has 3 saturated heterocycles. The number of methoxy groups -OCH3 is 1.